The Balaban J connectivity index is 2.13. The second-order valence-corrected chi connectivity index (χ2v) is 7.83. The van der Waals surface area contributed by atoms with Crippen LogP contribution < -0.4 is 9.47 Å². The second-order valence-electron chi connectivity index (χ2n) is 7.83. The second kappa shape index (κ2) is 11.7. The molecule has 1 unspecified atom stereocenters. The van der Waals surface area contributed by atoms with Crippen molar-refractivity contribution in [1.82, 2.24) is 14.8 Å². The van der Waals surface area contributed by atoms with E-state index in [0.29, 0.717) is 48.9 Å². The van der Waals surface area contributed by atoms with Gasteiger partial charge < -0.3 is 24.4 Å². The number of hydrogen-bond acceptors (Lipinski definition) is 7. The van der Waals surface area contributed by atoms with Gasteiger partial charge in [0.05, 0.1) is 24.8 Å². The van der Waals surface area contributed by atoms with Gasteiger partial charge in [-0.05, 0) is 56.8 Å². The molecule has 0 radical (unpaired) electrons. The lowest BCUT2D eigenvalue weighted by Gasteiger charge is -2.28. The standard InChI is InChI=1S/C26H33N3O5/c1-5-28(6-2)15-16-29-23(19-9-10-20(33-7-3)21(17-19)34-8-4)22(25(31)26(29)32)24(30)18-11-13-27-14-12-18/h9-14,17,23,30H,5-8,15-16H2,1-4H3. The van der Waals surface area contributed by atoms with Gasteiger partial charge in [0.1, 0.15) is 5.76 Å². The van der Waals surface area contributed by atoms with Crippen molar-refractivity contribution in [2.75, 3.05) is 39.4 Å². The average molecular weight is 468 g/mol. The first kappa shape index (κ1) is 25.2. The predicted octanol–water partition coefficient (Wildman–Crippen LogP) is 3.64. The van der Waals surface area contributed by atoms with E-state index in [2.05, 4.69) is 23.7 Å². The lowest BCUT2D eigenvalue weighted by Crippen LogP contribution is -2.38. The molecule has 1 aromatic heterocycles. The van der Waals surface area contributed by atoms with E-state index in [1.165, 1.54) is 12.4 Å². The van der Waals surface area contributed by atoms with Crippen molar-refractivity contribution < 1.29 is 24.2 Å². The van der Waals surface area contributed by atoms with Gasteiger partial charge in [-0.2, -0.15) is 0 Å². The molecule has 1 aliphatic rings. The van der Waals surface area contributed by atoms with Crippen LogP contribution >= 0.6 is 0 Å². The van der Waals surface area contributed by atoms with Crippen LogP contribution in [0.1, 0.15) is 44.9 Å². The Bertz CT molecular complexity index is 1030. The predicted molar refractivity (Wildman–Crippen MR) is 130 cm³/mol. The minimum Gasteiger partial charge on any atom is -0.507 e. The maximum atomic E-state index is 13.2. The molecule has 34 heavy (non-hydrogen) atoms. The molecule has 0 spiro atoms. The lowest BCUT2D eigenvalue weighted by molar-refractivity contribution is -0.140. The van der Waals surface area contributed by atoms with E-state index in [0.717, 1.165) is 13.1 Å². The fourth-order valence-electron chi connectivity index (χ4n) is 4.15. The highest BCUT2D eigenvalue weighted by atomic mass is 16.5. The molecule has 182 valence electrons. The third-order valence-corrected chi connectivity index (χ3v) is 5.93. The number of likely N-dealkylation sites (tertiary alicyclic amines) is 1. The highest BCUT2D eigenvalue weighted by Gasteiger charge is 2.46. The summed E-state index contributed by atoms with van der Waals surface area (Å²) in [4.78, 5) is 34.0. The number of nitrogens with zero attached hydrogens (tertiary/aromatic N) is 3. The van der Waals surface area contributed by atoms with Crippen molar-refractivity contribution in [2.45, 2.75) is 33.7 Å². The van der Waals surface area contributed by atoms with Crippen LogP contribution in [0, 0.1) is 0 Å². The number of hydrogen-bond donors (Lipinski definition) is 1. The molecule has 0 aliphatic carbocycles. The quantitative estimate of drug-likeness (QED) is 0.306. The van der Waals surface area contributed by atoms with Crippen molar-refractivity contribution in [2.24, 2.45) is 0 Å². The fourth-order valence-corrected chi connectivity index (χ4v) is 4.15. The zero-order valence-electron chi connectivity index (χ0n) is 20.3. The van der Waals surface area contributed by atoms with E-state index in [-0.39, 0.29) is 11.3 Å². The van der Waals surface area contributed by atoms with Crippen molar-refractivity contribution in [3.05, 3.63) is 59.4 Å². The number of carbonyl (C=O) groups is 2. The van der Waals surface area contributed by atoms with Gasteiger partial charge >= 0.3 is 0 Å². The molecule has 1 N–H and O–H groups in total. The average Bonchev–Trinajstić information content (AvgIpc) is 3.11. The van der Waals surface area contributed by atoms with Crippen LogP contribution in [-0.4, -0.2) is 71.0 Å². The molecule has 2 heterocycles. The largest absolute Gasteiger partial charge is 0.507 e. The highest BCUT2D eigenvalue weighted by Crippen LogP contribution is 2.41. The number of aliphatic hydroxyl groups is 1. The number of likely N-dealkylation sites (N-methyl/N-ethyl adjacent to an activating group) is 1. The van der Waals surface area contributed by atoms with Crippen molar-refractivity contribution >= 4 is 17.4 Å². The molecular weight excluding hydrogens is 434 g/mol. The lowest BCUT2D eigenvalue weighted by atomic mass is 9.95. The highest BCUT2D eigenvalue weighted by molar-refractivity contribution is 6.46. The third kappa shape index (κ3) is 5.22. The van der Waals surface area contributed by atoms with E-state index in [4.69, 9.17) is 9.47 Å². The zero-order valence-corrected chi connectivity index (χ0v) is 20.3. The van der Waals surface area contributed by atoms with Crippen LogP contribution in [0.5, 0.6) is 11.5 Å². The van der Waals surface area contributed by atoms with Crippen LogP contribution in [0.3, 0.4) is 0 Å². The van der Waals surface area contributed by atoms with E-state index < -0.39 is 17.7 Å². The molecule has 2 aromatic rings. The Morgan fingerprint density at radius 2 is 1.65 bits per heavy atom. The molecular formula is C26H33N3O5. The van der Waals surface area contributed by atoms with Gasteiger partial charge in [0, 0.05) is 31.0 Å². The molecule has 8 heteroatoms. The molecule has 1 atom stereocenters. The number of Topliss-reactive ketones (excluding diaryl/α,β-unsaturated/α-hetero) is 1. The van der Waals surface area contributed by atoms with E-state index in [9.17, 15) is 14.7 Å². The van der Waals surface area contributed by atoms with E-state index >= 15 is 0 Å². The number of amides is 1. The SMILES string of the molecule is CCOc1ccc(C2C(=C(O)c3ccncc3)C(=O)C(=O)N2CCN(CC)CC)cc1OCC. The summed E-state index contributed by atoms with van der Waals surface area (Å²) in [5.74, 6) is -0.435. The van der Waals surface area contributed by atoms with Crippen molar-refractivity contribution in [3.63, 3.8) is 0 Å². The molecule has 1 amide bonds. The number of ketones is 1. The Hall–Kier alpha value is -3.39. The van der Waals surface area contributed by atoms with Gasteiger partial charge in [0.25, 0.3) is 11.7 Å². The first-order valence-corrected chi connectivity index (χ1v) is 11.8. The van der Waals surface area contributed by atoms with Gasteiger partial charge in [-0.1, -0.05) is 19.9 Å². The topological polar surface area (TPSA) is 92.2 Å². The number of benzene rings is 1. The monoisotopic (exact) mass is 467 g/mol. The molecule has 1 aromatic carbocycles. The first-order chi connectivity index (χ1) is 16.5. The number of aliphatic hydroxyl groups excluding tert-OH is 1. The Morgan fingerprint density at radius 3 is 2.26 bits per heavy atom. The summed E-state index contributed by atoms with van der Waals surface area (Å²) in [7, 11) is 0. The van der Waals surface area contributed by atoms with Crippen LogP contribution in [0.2, 0.25) is 0 Å². The smallest absolute Gasteiger partial charge is 0.295 e. The molecule has 3 rings (SSSR count). The van der Waals surface area contributed by atoms with Gasteiger partial charge in [0.2, 0.25) is 0 Å². The van der Waals surface area contributed by atoms with Crippen LogP contribution in [0.4, 0.5) is 0 Å². The molecule has 1 aliphatic heterocycles. The normalized spacial score (nSPS) is 17.4. The van der Waals surface area contributed by atoms with Crippen LogP contribution in [0.15, 0.2) is 48.3 Å². The summed E-state index contributed by atoms with van der Waals surface area (Å²) in [6.45, 7) is 11.4. The summed E-state index contributed by atoms with van der Waals surface area (Å²) >= 11 is 0. The first-order valence-electron chi connectivity index (χ1n) is 11.8. The number of pyridine rings is 1. The molecule has 1 fully saturated rings. The number of rotatable bonds is 11. The van der Waals surface area contributed by atoms with E-state index in [1.54, 1.807) is 29.2 Å². The van der Waals surface area contributed by atoms with E-state index in [1.807, 2.05) is 19.9 Å². The van der Waals surface area contributed by atoms with Gasteiger partial charge in [-0.25, -0.2) is 0 Å². The maximum absolute atomic E-state index is 13.2. The Kier molecular flexibility index (Phi) is 8.65. The number of carbonyl (C=O) groups excluding carboxylic acids is 2. The molecule has 0 bridgehead atoms. The summed E-state index contributed by atoms with van der Waals surface area (Å²) < 4.78 is 11.5. The van der Waals surface area contributed by atoms with Gasteiger partial charge in [-0.3, -0.25) is 14.6 Å². The summed E-state index contributed by atoms with van der Waals surface area (Å²) in [5.41, 5.74) is 1.15. The van der Waals surface area contributed by atoms with Crippen LogP contribution in [0.25, 0.3) is 5.76 Å². The van der Waals surface area contributed by atoms with Gasteiger partial charge in [-0.15, -0.1) is 0 Å². The number of ether oxygens (including phenoxy) is 2. The minimum atomic E-state index is -0.751. The maximum Gasteiger partial charge on any atom is 0.295 e. The van der Waals surface area contributed by atoms with Gasteiger partial charge in [0.15, 0.2) is 11.5 Å². The fraction of sp³-hybridized carbons (Fsp3) is 0.423. The van der Waals surface area contributed by atoms with Crippen molar-refractivity contribution in [1.29, 1.82) is 0 Å². The molecule has 1 saturated heterocycles. The summed E-state index contributed by atoms with van der Waals surface area (Å²) in [6, 6.07) is 7.85. The summed E-state index contributed by atoms with van der Waals surface area (Å²) in [5, 5.41) is 11.1. The van der Waals surface area contributed by atoms with Crippen LogP contribution in [-0.2, 0) is 9.59 Å². The van der Waals surface area contributed by atoms with Crippen molar-refractivity contribution in [3.8, 4) is 11.5 Å². The third-order valence-electron chi connectivity index (χ3n) is 5.93. The minimum absolute atomic E-state index is 0.0577. The zero-order chi connectivity index (χ0) is 24.7. The Labute approximate surface area is 200 Å². The summed E-state index contributed by atoms with van der Waals surface area (Å²) in [6.07, 6.45) is 3.06. The molecule has 8 nitrogen and oxygen atoms in total. The molecule has 0 saturated carbocycles. The number of aromatic nitrogens is 1. The Morgan fingerprint density at radius 1 is 1.00 bits per heavy atom.